The van der Waals surface area contributed by atoms with E-state index in [-0.39, 0.29) is 35.9 Å². The topological polar surface area (TPSA) is 111 Å². The molecule has 0 spiro atoms. The number of hydrogen-bond acceptors (Lipinski definition) is 7. The summed E-state index contributed by atoms with van der Waals surface area (Å²) in [5.74, 6) is -1.46. The zero-order valence-corrected chi connectivity index (χ0v) is 16.4. The second-order valence-corrected chi connectivity index (χ2v) is 6.66. The Kier molecular flexibility index (Phi) is 7.60. The third kappa shape index (κ3) is 5.34. The Morgan fingerprint density at radius 1 is 1.25 bits per heavy atom. The van der Waals surface area contributed by atoms with Crippen LogP contribution in [0.5, 0.6) is 5.75 Å². The molecule has 0 amide bonds. The number of nitrogen functional groups attached to an aromatic ring is 1. The summed E-state index contributed by atoms with van der Waals surface area (Å²) >= 11 is 1.59. The Morgan fingerprint density at radius 2 is 1.93 bits per heavy atom. The molecule has 0 heterocycles. The second kappa shape index (κ2) is 9.91. The van der Waals surface area contributed by atoms with Crippen molar-refractivity contribution in [3.05, 3.63) is 59.4 Å². The second-order valence-electron chi connectivity index (χ2n) is 5.78. The fraction of sp³-hybridized carbons (Fsp3) is 0.200. The van der Waals surface area contributed by atoms with Crippen LogP contribution in [-0.2, 0) is 9.53 Å². The molecule has 0 bridgehead atoms. The number of nitrogens with one attached hydrogen (secondary N) is 1. The van der Waals surface area contributed by atoms with Crippen molar-refractivity contribution in [2.24, 2.45) is 5.73 Å². The van der Waals surface area contributed by atoms with E-state index in [0.29, 0.717) is 5.56 Å². The lowest BCUT2D eigenvalue weighted by Crippen LogP contribution is -2.16. The highest BCUT2D eigenvalue weighted by molar-refractivity contribution is 7.98. The molecule has 0 unspecified atom stereocenters. The predicted octanol–water partition coefficient (Wildman–Crippen LogP) is 3.09. The molecule has 0 fully saturated rings. The average molecular weight is 403 g/mol. The SMILES string of the molecule is COCCOc1cc(N)c(C(=N)C(=O)/C=C(\N)c2ccc(SC)cc2)cc1F. The van der Waals surface area contributed by atoms with Gasteiger partial charge in [0.05, 0.1) is 6.61 Å². The lowest BCUT2D eigenvalue weighted by Gasteiger charge is -2.11. The van der Waals surface area contributed by atoms with E-state index in [4.69, 9.17) is 26.4 Å². The van der Waals surface area contributed by atoms with Gasteiger partial charge >= 0.3 is 0 Å². The maximum atomic E-state index is 14.2. The van der Waals surface area contributed by atoms with Crippen LogP contribution in [0.1, 0.15) is 11.1 Å². The highest BCUT2D eigenvalue weighted by atomic mass is 32.2. The quantitative estimate of drug-likeness (QED) is 0.195. The van der Waals surface area contributed by atoms with Gasteiger partial charge in [-0.1, -0.05) is 12.1 Å². The summed E-state index contributed by atoms with van der Waals surface area (Å²) in [5.41, 5.74) is 12.3. The van der Waals surface area contributed by atoms with Crippen molar-refractivity contribution in [3.63, 3.8) is 0 Å². The molecule has 0 saturated carbocycles. The first-order valence-electron chi connectivity index (χ1n) is 8.33. The molecule has 2 rings (SSSR count). The molecule has 2 aromatic carbocycles. The smallest absolute Gasteiger partial charge is 0.206 e. The van der Waals surface area contributed by atoms with Crippen molar-refractivity contribution in [2.75, 3.05) is 32.3 Å². The van der Waals surface area contributed by atoms with E-state index in [0.717, 1.165) is 17.0 Å². The van der Waals surface area contributed by atoms with Crippen LogP contribution in [-0.4, -0.2) is 38.1 Å². The standard InChI is InChI=1S/C20H22FN3O3S/c1-26-7-8-27-19-11-17(23)14(9-15(19)21)20(24)18(25)10-16(22)12-3-5-13(28-2)6-4-12/h3-6,9-11,24H,7-8,22-23H2,1-2H3/b16-10-,24-20?. The van der Waals surface area contributed by atoms with Crippen LogP contribution in [0.15, 0.2) is 47.4 Å². The number of hydrogen-bond donors (Lipinski definition) is 3. The lowest BCUT2D eigenvalue weighted by atomic mass is 10.0. The summed E-state index contributed by atoms with van der Waals surface area (Å²) in [6.07, 6.45) is 3.09. The van der Waals surface area contributed by atoms with Gasteiger partial charge in [-0.3, -0.25) is 10.2 Å². The molecule has 0 radical (unpaired) electrons. The van der Waals surface area contributed by atoms with E-state index in [1.165, 1.54) is 13.2 Å². The first kappa shape index (κ1) is 21.5. The van der Waals surface area contributed by atoms with Gasteiger partial charge < -0.3 is 20.9 Å². The van der Waals surface area contributed by atoms with E-state index in [2.05, 4.69) is 0 Å². The molecular weight excluding hydrogens is 381 g/mol. The maximum absolute atomic E-state index is 14.2. The van der Waals surface area contributed by atoms with Crippen LogP contribution in [0.2, 0.25) is 0 Å². The molecule has 0 aliphatic carbocycles. The number of anilines is 1. The Balaban J connectivity index is 2.19. The number of allylic oxidation sites excluding steroid dienone is 1. The van der Waals surface area contributed by atoms with Crippen molar-refractivity contribution in [2.45, 2.75) is 4.90 Å². The third-order valence-electron chi connectivity index (χ3n) is 3.87. The van der Waals surface area contributed by atoms with Gasteiger partial charge in [-0.05, 0) is 30.0 Å². The number of halogens is 1. The van der Waals surface area contributed by atoms with Crippen molar-refractivity contribution in [1.82, 2.24) is 0 Å². The number of ketones is 1. The molecule has 5 N–H and O–H groups in total. The van der Waals surface area contributed by atoms with E-state index in [1.54, 1.807) is 23.9 Å². The molecule has 0 saturated heterocycles. The molecule has 148 valence electrons. The van der Waals surface area contributed by atoms with Crippen molar-refractivity contribution in [3.8, 4) is 5.75 Å². The highest BCUT2D eigenvalue weighted by Crippen LogP contribution is 2.25. The lowest BCUT2D eigenvalue weighted by molar-refractivity contribution is -0.108. The Morgan fingerprint density at radius 3 is 2.54 bits per heavy atom. The number of carbonyl (C=O) groups is 1. The normalized spacial score (nSPS) is 11.3. The largest absolute Gasteiger partial charge is 0.488 e. The maximum Gasteiger partial charge on any atom is 0.206 e. The average Bonchev–Trinajstić information content (AvgIpc) is 2.69. The fourth-order valence-corrected chi connectivity index (χ4v) is 2.75. The predicted molar refractivity (Wildman–Crippen MR) is 110 cm³/mol. The van der Waals surface area contributed by atoms with Gasteiger partial charge in [-0.15, -0.1) is 11.8 Å². The molecule has 0 aromatic heterocycles. The monoisotopic (exact) mass is 403 g/mol. The third-order valence-corrected chi connectivity index (χ3v) is 4.62. The molecule has 0 aliphatic heterocycles. The minimum absolute atomic E-state index is 0.0247. The molecule has 0 aliphatic rings. The first-order valence-corrected chi connectivity index (χ1v) is 9.55. The van der Waals surface area contributed by atoms with E-state index < -0.39 is 17.3 Å². The minimum Gasteiger partial charge on any atom is -0.488 e. The fourth-order valence-electron chi connectivity index (χ4n) is 2.34. The number of ether oxygens (including phenoxy) is 2. The summed E-state index contributed by atoms with van der Waals surface area (Å²) in [5, 5.41) is 8.07. The first-order chi connectivity index (χ1) is 13.4. The zero-order valence-electron chi connectivity index (χ0n) is 15.6. The number of methoxy groups -OCH3 is 1. The molecule has 0 atom stereocenters. The van der Waals surface area contributed by atoms with Gasteiger partial charge in [-0.25, -0.2) is 4.39 Å². The van der Waals surface area contributed by atoms with E-state index in [1.807, 2.05) is 18.4 Å². The Hall–Kier alpha value is -2.84. The Bertz CT molecular complexity index is 898. The number of rotatable bonds is 9. The number of thioether (sulfide) groups is 1. The summed E-state index contributed by atoms with van der Waals surface area (Å²) in [6.45, 7) is 0.439. The molecular formula is C20H22FN3O3S. The van der Waals surface area contributed by atoms with Crippen LogP contribution < -0.4 is 16.2 Å². The van der Waals surface area contributed by atoms with Crippen molar-refractivity contribution in [1.29, 1.82) is 5.41 Å². The van der Waals surface area contributed by atoms with E-state index in [9.17, 15) is 9.18 Å². The summed E-state index contributed by atoms with van der Waals surface area (Å²) in [4.78, 5) is 13.5. The molecule has 2 aromatic rings. The summed E-state index contributed by atoms with van der Waals surface area (Å²) < 4.78 is 24.3. The van der Waals surface area contributed by atoms with Crippen LogP contribution in [0.25, 0.3) is 5.70 Å². The minimum atomic E-state index is -0.720. The number of nitrogens with two attached hydrogens (primary N) is 2. The molecule has 8 heteroatoms. The molecule has 6 nitrogen and oxygen atoms in total. The van der Waals surface area contributed by atoms with Gasteiger partial charge in [0.15, 0.2) is 11.6 Å². The summed E-state index contributed by atoms with van der Waals surface area (Å²) in [7, 11) is 1.50. The number of carbonyl (C=O) groups excluding carboxylic acids is 1. The highest BCUT2D eigenvalue weighted by Gasteiger charge is 2.17. The van der Waals surface area contributed by atoms with Gasteiger partial charge in [0.25, 0.3) is 0 Å². The van der Waals surface area contributed by atoms with Crippen LogP contribution >= 0.6 is 11.8 Å². The Labute approximate surface area is 167 Å². The molecule has 28 heavy (non-hydrogen) atoms. The van der Waals surface area contributed by atoms with Crippen LogP contribution in [0, 0.1) is 11.2 Å². The van der Waals surface area contributed by atoms with Gasteiger partial charge in [0.2, 0.25) is 5.78 Å². The van der Waals surface area contributed by atoms with E-state index >= 15 is 0 Å². The summed E-state index contributed by atoms with van der Waals surface area (Å²) in [6, 6.07) is 9.59. The van der Waals surface area contributed by atoms with Crippen LogP contribution in [0.4, 0.5) is 10.1 Å². The van der Waals surface area contributed by atoms with Gasteiger partial charge in [0, 0.05) is 41.1 Å². The number of benzene rings is 2. The van der Waals surface area contributed by atoms with Gasteiger partial charge in [-0.2, -0.15) is 0 Å². The van der Waals surface area contributed by atoms with Crippen molar-refractivity contribution < 1.29 is 18.7 Å². The van der Waals surface area contributed by atoms with Crippen molar-refractivity contribution >= 4 is 34.6 Å². The van der Waals surface area contributed by atoms with Gasteiger partial charge in [0.1, 0.15) is 12.3 Å². The zero-order chi connectivity index (χ0) is 20.7. The van der Waals surface area contributed by atoms with Crippen LogP contribution in [0.3, 0.4) is 0 Å².